The number of hydrogen-bond acceptors (Lipinski definition) is 4. The number of hydrogen-bond donors (Lipinski definition) is 1. The van der Waals surface area contributed by atoms with E-state index in [1.54, 1.807) is 0 Å². The molecule has 0 amide bonds. The van der Waals surface area contributed by atoms with Crippen LogP contribution in [0.25, 0.3) is 0 Å². The predicted octanol–water partition coefficient (Wildman–Crippen LogP) is 1.23. The summed E-state index contributed by atoms with van der Waals surface area (Å²) in [6.45, 7) is 5.12. The number of benzene rings is 1. The van der Waals surface area contributed by atoms with Gasteiger partial charge in [0, 0.05) is 18.8 Å². The van der Waals surface area contributed by atoms with Crippen molar-refractivity contribution >= 4 is 11.7 Å². The molecule has 0 radical (unpaired) electrons. The lowest BCUT2D eigenvalue weighted by molar-refractivity contribution is 0.0526. The second-order valence-corrected chi connectivity index (χ2v) is 3.69. The van der Waals surface area contributed by atoms with Gasteiger partial charge >= 0.3 is 5.97 Å². The van der Waals surface area contributed by atoms with Gasteiger partial charge in [0.25, 0.3) is 0 Å². The highest BCUT2D eigenvalue weighted by Gasteiger charge is 2.12. The summed E-state index contributed by atoms with van der Waals surface area (Å²) in [7, 11) is 0. The van der Waals surface area contributed by atoms with Gasteiger partial charge in [-0.3, -0.25) is 5.32 Å². The Balaban J connectivity index is 2.06. The van der Waals surface area contributed by atoms with E-state index in [9.17, 15) is 4.79 Å². The fraction of sp³-hybridized carbons (Fsp3) is 0.417. The van der Waals surface area contributed by atoms with Gasteiger partial charge in [0.2, 0.25) is 0 Å². The van der Waals surface area contributed by atoms with Crippen LogP contribution in [-0.4, -0.2) is 32.3 Å². The van der Waals surface area contributed by atoms with Gasteiger partial charge in [-0.1, -0.05) is 0 Å². The van der Waals surface area contributed by atoms with Crippen LogP contribution in [0.1, 0.15) is 17.3 Å². The Morgan fingerprint density at radius 1 is 1.44 bits per heavy atom. The van der Waals surface area contributed by atoms with Crippen molar-refractivity contribution < 1.29 is 9.53 Å². The predicted molar refractivity (Wildman–Crippen MR) is 62.6 cm³/mol. The molecule has 1 saturated heterocycles. The number of carbonyl (C=O) groups is 1. The Morgan fingerprint density at radius 3 is 2.75 bits per heavy atom. The molecule has 0 saturated carbocycles. The summed E-state index contributed by atoms with van der Waals surface area (Å²) >= 11 is 0. The normalized spacial score (nSPS) is 15.2. The first-order valence-electron chi connectivity index (χ1n) is 5.54. The fourth-order valence-electron chi connectivity index (χ4n) is 1.75. The van der Waals surface area contributed by atoms with Crippen molar-refractivity contribution in [1.29, 1.82) is 0 Å². The molecule has 1 aromatic carbocycles. The number of esters is 1. The fourth-order valence-corrected chi connectivity index (χ4v) is 1.75. The maximum absolute atomic E-state index is 11.4. The summed E-state index contributed by atoms with van der Waals surface area (Å²) in [4.78, 5) is 13.7. The van der Waals surface area contributed by atoms with E-state index in [0.717, 1.165) is 25.4 Å². The van der Waals surface area contributed by atoms with E-state index in [-0.39, 0.29) is 5.97 Å². The molecule has 1 aliphatic rings. The summed E-state index contributed by atoms with van der Waals surface area (Å²) < 4.78 is 4.93. The number of anilines is 1. The van der Waals surface area contributed by atoms with E-state index in [1.807, 2.05) is 31.2 Å². The van der Waals surface area contributed by atoms with Crippen LogP contribution in [0.5, 0.6) is 0 Å². The van der Waals surface area contributed by atoms with E-state index in [0.29, 0.717) is 12.2 Å². The third-order valence-electron chi connectivity index (χ3n) is 2.60. The topological polar surface area (TPSA) is 41.6 Å². The molecule has 0 atom stereocenters. The SMILES string of the molecule is CCOC(=O)c1ccc(N2CCNC2)cc1. The lowest BCUT2D eigenvalue weighted by Gasteiger charge is -2.16. The van der Waals surface area contributed by atoms with Crippen LogP contribution in [-0.2, 0) is 4.74 Å². The molecule has 1 heterocycles. The largest absolute Gasteiger partial charge is 0.462 e. The van der Waals surface area contributed by atoms with Crippen LogP contribution in [0.3, 0.4) is 0 Å². The number of nitrogens with one attached hydrogen (secondary N) is 1. The average Bonchev–Trinajstić information content (AvgIpc) is 2.83. The molecular weight excluding hydrogens is 204 g/mol. The molecule has 0 spiro atoms. The van der Waals surface area contributed by atoms with Crippen LogP contribution in [0.4, 0.5) is 5.69 Å². The molecule has 0 aromatic heterocycles. The first kappa shape index (κ1) is 11.0. The molecule has 2 rings (SSSR count). The summed E-state index contributed by atoms with van der Waals surface area (Å²) in [5.41, 5.74) is 1.75. The average molecular weight is 220 g/mol. The van der Waals surface area contributed by atoms with E-state index < -0.39 is 0 Å². The monoisotopic (exact) mass is 220 g/mol. The first-order valence-corrected chi connectivity index (χ1v) is 5.54. The van der Waals surface area contributed by atoms with Gasteiger partial charge < -0.3 is 9.64 Å². The van der Waals surface area contributed by atoms with Crippen molar-refractivity contribution in [2.24, 2.45) is 0 Å². The minimum atomic E-state index is -0.256. The lowest BCUT2D eigenvalue weighted by atomic mass is 10.2. The first-order chi connectivity index (χ1) is 7.81. The Morgan fingerprint density at radius 2 is 2.19 bits per heavy atom. The van der Waals surface area contributed by atoms with Crippen molar-refractivity contribution in [3.63, 3.8) is 0 Å². The van der Waals surface area contributed by atoms with E-state index in [4.69, 9.17) is 4.74 Å². The standard InChI is InChI=1S/C12H16N2O2/c1-2-16-12(15)10-3-5-11(6-4-10)14-8-7-13-9-14/h3-6,13H,2,7-9H2,1H3. The van der Waals surface area contributed by atoms with Crippen molar-refractivity contribution in [2.45, 2.75) is 6.92 Å². The van der Waals surface area contributed by atoms with Crippen molar-refractivity contribution in [1.82, 2.24) is 5.32 Å². The molecule has 1 aliphatic heterocycles. The maximum Gasteiger partial charge on any atom is 0.338 e. The third kappa shape index (κ3) is 2.33. The Bertz CT molecular complexity index is 356. The van der Waals surface area contributed by atoms with Crippen LogP contribution < -0.4 is 10.2 Å². The Labute approximate surface area is 95.2 Å². The summed E-state index contributed by atoms with van der Waals surface area (Å²) in [6, 6.07) is 7.54. The van der Waals surface area contributed by atoms with Gasteiger partial charge in [-0.15, -0.1) is 0 Å². The highest BCUT2D eigenvalue weighted by Crippen LogP contribution is 2.16. The highest BCUT2D eigenvalue weighted by molar-refractivity contribution is 5.89. The maximum atomic E-state index is 11.4. The summed E-state index contributed by atoms with van der Waals surface area (Å²) in [5.74, 6) is -0.256. The van der Waals surface area contributed by atoms with Crippen molar-refractivity contribution in [3.8, 4) is 0 Å². The van der Waals surface area contributed by atoms with Crippen molar-refractivity contribution in [2.75, 3.05) is 31.3 Å². The van der Waals surface area contributed by atoms with Crippen LogP contribution in [0, 0.1) is 0 Å². The van der Waals surface area contributed by atoms with Gasteiger partial charge in [0.1, 0.15) is 0 Å². The molecule has 0 aliphatic carbocycles. The number of carbonyl (C=O) groups excluding carboxylic acids is 1. The molecule has 16 heavy (non-hydrogen) atoms. The molecule has 4 heteroatoms. The molecule has 86 valence electrons. The van der Waals surface area contributed by atoms with Gasteiger partial charge in [-0.25, -0.2) is 4.79 Å². The van der Waals surface area contributed by atoms with Gasteiger partial charge in [-0.05, 0) is 31.2 Å². The summed E-state index contributed by atoms with van der Waals surface area (Å²) in [6.07, 6.45) is 0. The molecule has 0 bridgehead atoms. The van der Waals surface area contributed by atoms with Gasteiger partial charge in [0.05, 0.1) is 18.8 Å². The lowest BCUT2D eigenvalue weighted by Crippen LogP contribution is -2.20. The molecular formula is C12H16N2O2. The zero-order valence-corrected chi connectivity index (χ0v) is 9.40. The number of nitrogens with zero attached hydrogens (tertiary/aromatic N) is 1. The minimum absolute atomic E-state index is 0.256. The molecule has 0 unspecified atom stereocenters. The smallest absolute Gasteiger partial charge is 0.338 e. The number of rotatable bonds is 3. The molecule has 1 fully saturated rings. The van der Waals surface area contributed by atoms with E-state index >= 15 is 0 Å². The van der Waals surface area contributed by atoms with Crippen LogP contribution in [0.15, 0.2) is 24.3 Å². The second kappa shape index (κ2) is 4.99. The minimum Gasteiger partial charge on any atom is -0.462 e. The zero-order chi connectivity index (χ0) is 11.4. The Hall–Kier alpha value is -1.55. The summed E-state index contributed by atoms with van der Waals surface area (Å²) in [5, 5.41) is 3.26. The quantitative estimate of drug-likeness (QED) is 0.778. The molecule has 4 nitrogen and oxygen atoms in total. The van der Waals surface area contributed by atoms with Gasteiger partial charge in [-0.2, -0.15) is 0 Å². The van der Waals surface area contributed by atoms with Crippen LogP contribution >= 0.6 is 0 Å². The van der Waals surface area contributed by atoms with E-state index in [2.05, 4.69) is 10.2 Å². The number of ether oxygens (including phenoxy) is 1. The third-order valence-corrected chi connectivity index (χ3v) is 2.60. The van der Waals surface area contributed by atoms with E-state index in [1.165, 1.54) is 0 Å². The van der Waals surface area contributed by atoms with Gasteiger partial charge in [0.15, 0.2) is 0 Å². The Kier molecular flexibility index (Phi) is 3.41. The van der Waals surface area contributed by atoms with Crippen LogP contribution in [0.2, 0.25) is 0 Å². The highest BCUT2D eigenvalue weighted by atomic mass is 16.5. The second-order valence-electron chi connectivity index (χ2n) is 3.69. The van der Waals surface area contributed by atoms with Crippen molar-refractivity contribution in [3.05, 3.63) is 29.8 Å². The molecule has 1 N–H and O–H groups in total. The zero-order valence-electron chi connectivity index (χ0n) is 9.40. The molecule has 1 aromatic rings.